The van der Waals surface area contributed by atoms with E-state index < -0.39 is 0 Å². The summed E-state index contributed by atoms with van der Waals surface area (Å²) in [6.07, 6.45) is 1.09. The molecule has 17 heavy (non-hydrogen) atoms. The minimum absolute atomic E-state index is 0.160. The highest BCUT2D eigenvalue weighted by molar-refractivity contribution is 5.69. The molecule has 0 bridgehead atoms. The minimum Gasteiger partial charge on any atom is -0.468 e. The van der Waals surface area contributed by atoms with Gasteiger partial charge in [-0.2, -0.15) is 0 Å². The zero-order valence-electron chi connectivity index (χ0n) is 10.3. The summed E-state index contributed by atoms with van der Waals surface area (Å²) < 4.78 is 14.9. The number of methoxy groups -OCH3 is 1. The van der Waals surface area contributed by atoms with Gasteiger partial charge in [0, 0.05) is 13.5 Å². The van der Waals surface area contributed by atoms with Gasteiger partial charge in [0.05, 0.1) is 6.61 Å². The second kappa shape index (κ2) is 7.68. The highest BCUT2D eigenvalue weighted by Crippen LogP contribution is 2.13. The van der Waals surface area contributed by atoms with Crippen molar-refractivity contribution >= 4 is 5.97 Å². The van der Waals surface area contributed by atoms with Crippen molar-refractivity contribution in [2.45, 2.75) is 19.8 Å². The van der Waals surface area contributed by atoms with Gasteiger partial charge in [0.25, 0.3) is 0 Å². The Morgan fingerprint density at radius 3 is 2.53 bits per heavy atom. The molecule has 4 nitrogen and oxygen atoms in total. The number of rotatable bonds is 7. The van der Waals surface area contributed by atoms with Crippen molar-refractivity contribution in [1.29, 1.82) is 0 Å². The van der Waals surface area contributed by atoms with Crippen LogP contribution in [0.15, 0.2) is 24.3 Å². The number of ether oxygens (including phenoxy) is 3. The second-order valence-electron chi connectivity index (χ2n) is 3.50. The Bertz CT molecular complexity index is 332. The molecule has 0 saturated carbocycles. The molecule has 0 atom stereocenters. The fraction of sp³-hybridized carbons (Fsp3) is 0.462. The molecule has 0 saturated heterocycles. The molecule has 1 aromatic rings. The third kappa shape index (κ3) is 5.36. The highest BCUT2D eigenvalue weighted by Gasteiger charge is 2.02. The number of benzene rings is 1. The Morgan fingerprint density at radius 2 is 1.94 bits per heavy atom. The average molecular weight is 238 g/mol. The Morgan fingerprint density at radius 1 is 1.24 bits per heavy atom. The summed E-state index contributed by atoms with van der Waals surface area (Å²) in [5.41, 5.74) is 1.09. The number of aryl methyl sites for hydroxylation is 1. The van der Waals surface area contributed by atoms with Gasteiger partial charge in [-0.15, -0.1) is 0 Å². The van der Waals surface area contributed by atoms with E-state index in [4.69, 9.17) is 14.2 Å². The molecule has 4 heteroatoms. The lowest BCUT2D eigenvalue weighted by Crippen LogP contribution is -2.05. The Labute approximate surface area is 101 Å². The number of hydrogen-bond acceptors (Lipinski definition) is 4. The first kappa shape index (κ1) is 13.5. The van der Waals surface area contributed by atoms with E-state index in [0.29, 0.717) is 19.4 Å². The SMILES string of the molecule is CCOC(=O)CCc1ccc(OCOC)cc1. The molecular formula is C13H18O4. The summed E-state index contributed by atoms with van der Waals surface area (Å²) in [6.45, 7) is 2.48. The van der Waals surface area contributed by atoms with Crippen LogP contribution in [-0.4, -0.2) is 26.5 Å². The van der Waals surface area contributed by atoms with Crippen molar-refractivity contribution in [3.8, 4) is 5.75 Å². The Balaban J connectivity index is 2.37. The lowest BCUT2D eigenvalue weighted by Gasteiger charge is -2.06. The molecule has 0 aromatic heterocycles. The molecule has 0 spiro atoms. The van der Waals surface area contributed by atoms with Crippen LogP contribution in [-0.2, 0) is 20.7 Å². The average Bonchev–Trinajstić information content (AvgIpc) is 2.35. The van der Waals surface area contributed by atoms with Crippen molar-refractivity contribution in [3.05, 3.63) is 29.8 Å². The molecule has 0 aliphatic carbocycles. The molecule has 0 aliphatic rings. The smallest absolute Gasteiger partial charge is 0.306 e. The molecule has 1 aromatic carbocycles. The van der Waals surface area contributed by atoms with Gasteiger partial charge in [-0.25, -0.2) is 0 Å². The normalized spacial score (nSPS) is 10.0. The van der Waals surface area contributed by atoms with Crippen LogP contribution in [0.4, 0.5) is 0 Å². The van der Waals surface area contributed by atoms with Gasteiger partial charge in [-0.3, -0.25) is 4.79 Å². The molecule has 0 aliphatic heterocycles. The second-order valence-corrected chi connectivity index (χ2v) is 3.50. The van der Waals surface area contributed by atoms with Crippen molar-refractivity contribution in [1.82, 2.24) is 0 Å². The largest absolute Gasteiger partial charge is 0.468 e. The van der Waals surface area contributed by atoms with Crippen LogP contribution in [0, 0.1) is 0 Å². The molecule has 0 heterocycles. The number of carbonyl (C=O) groups excluding carboxylic acids is 1. The topological polar surface area (TPSA) is 44.8 Å². The molecule has 1 rings (SSSR count). The van der Waals surface area contributed by atoms with E-state index in [1.807, 2.05) is 24.3 Å². The van der Waals surface area contributed by atoms with Crippen LogP contribution in [0.5, 0.6) is 5.75 Å². The van der Waals surface area contributed by atoms with Gasteiger partial charge in [0.2, 0.25) is 0 Å². The Kier molecular flexibility index (Phi) is 6.10. The zero-order chi connectivity index (χ0) is 12.5. The quantitative estimate of drug-likeness (QED) is 0.539. The van der Waals surface area contributed by atoms with Crippen LogP contribution in [0.25, 0.3) is 0 Å². The van der Waals surface area contributed by atoms with E-state index in [0.717, 1.165) is 11.3 Å². The van der Waals surface area contributed by atoms with Crippen LogP contribution in [0.1, 0.15) is 18.9 Å². The summed E-state index contributed by atoms with van der Waals surface area (Å²) in [6, 6.07) is 7.59. The van der Waals surface area contributed by atoms with Gasteiger partial charge < -0.3 is 14.2 Å². The summed E-state index contributed by atoms with van der Waals surface area (Å²) >= 11 is 0. The number of esters is 1. The molecule has 0 unspecified atom stereocenters. The van der Waals surface area contributed by atoms with Gasteiger partial charge in [-0.05, 0) is 31.0 Å². The zero-order valence-corrected chi connectivity index (χ0v) is 10.3. The van der Waals surface area contributed by atoms with Gasteiger partial charge >= 0.3 is 5.97 Å². The monoisotopic (exact) mass is 238 g/mol. The first-order valence-electron chi connectivity index (χ1n) is 5.62. The first-order chi connectivity index (χ1) is 8.26. The summed E-state index contributed by atoms with van der Waals surface area (Å²) in [4.78, 5) is 11.2. The first-order valence-corrected chi connectivity index (χ1v) is 5.62. The van der Waals surface area contributed by atoms with Crippen molar-refractivity contribution in [2.24, 2.45) is 0 Å². The molecule has 0 N–H and O–H groups in total. The lowest BCUT2D eigenvalue weighted by molar-refractivity contribution is -0.143. The van der Waals surface area contributed by atoms with Crippen molar-refractivity contribution < 1.29 is 19.0 Å². The van der Waals surface area contributed by atoms with E-state index in [1.165, 1.54) is 0 Å². The molecule has 94 valence electrons. The summed E-state index contributed by atoms with van der Waals surface area (Å²) in [5, 5.41) is 0. The van der Waals surface area contributed by atoms with Gasteiger partial charge in [0.1, 0.15) is 5.75 Å². The van der Waals surface area contributed by atoms with Crippen molar-refractivity contribution in [2.75, 3.05) is 20.5 Å². The van der Waals surface area contributed by atoms with Crippen LogP contribution >= 0.6 is 0 Å². The van der Waals surface area contributed by atoms with Crippen LogP contribution in [0.3, 0.4) is 0 Å². The maximum absolute atomic E-state index is 11.2. The maximum Gasteiger partial charge on any atom is 0.306 e. The van der Waals surface area contributed by atoms with E-state index in [2.05, 4.69) is 0 Å². The third-order valence-electron chi connectivity index (χ3n) is 2.19. The Hall–Kier alpha value is -1.55. The van der Waals surface area contributed by atoms with Gasteiger partial charge in [0.15, 0.2) is 6.79 Å². The number of carbonyl (C=O) groups is 1. The van der Waals surface area contributed by atoms with Crippen LogP contribution in [0.2, 0.25) is 0 Å². The maximum atomic E-state index is 11.2. The lowest BCUT2D eigenvalue weighted by atomic mass is 10.1. The van der Waals surface area contributed by atoms with Gasteiger partial charge in [-0.1, -0.05) is 12.1 Å². The fourth-order valence-corrected chi connectivity index (χ4v) is 1.36. The predicted octanol–water partition coefficient (Wildman–Crippen LogP) is 2.17. The molecule has 0 fully saturated rings. The van der Waals surface area contributed by atoms with E-state index in [-0.39, 0.29) is 12.8 Å². The summed E-state index contributed by atoms with van der Waals surface area (Å²) in [5.74, 6) is 0.596. The summed E-state index contributed by atoms with van der Waals surface area (Å²) in [7, 11) is 1.58. The standard InChI is InChI=1S/C13H18O4/c1-3-16-13(14)9-6-11-4-7-12(8-5-11)17-10-15-2/h4-5,7-8H,3,6,9-10H2,1-2H3. The van der Waals surface area contributed by atoms with E-state index >= 15 is 0 Å². The molecular weight excluding hydrogens is 220 g/mol. The van der Waals surface area contributed by atoms with Crippen LogP contribution < -0.4 is 4.74 Å². The fourth-order valence-electron chi connectivity index (χ4n) is 1.36. The third-order valence-corrected chi connectivity index (χ3v) is 2.19. The minimum atomic E-state index is -0.160. The highest BCUT2D eigenvalue weighted by atomic mass is 16.7. The van der Waals surface area contributed by atoms with E-state index in [9.17, 15) is 4.79 Å². The predicted molar refractivity (Wildman–Crippen MR) is 63.9 cm³/mol. The molecule has 0 radical (unpaired) electrons. The number of hydrogen-bond donors (Lipinski definition) is 0. The molecule has 0 amide bonds. The van der Waals surface area contributed by atoms with E-state index in [1.54, 1.807) is 14.0 Å². The van der Waals surface area contributed by atoms with Crippen molar-refractivity contribution in [3.63, 3.8) is 0 Å².